The van der Waals surface area contributed by atoms with Crippen LogP contribution in [0.25, 0.3) is 5.57 Å². The predicted octanol–water partition coefficient (Wildman–Crippen LogP) is 4.34. The first kappa shape index (κ1) is 19.5. The van der Waals surface area contributed by atoms with E-state index in [1.54, 1.807) is 0 Å². The van der Waals surface area contributed by atoms with Gasteiger partial charge in [-0.05, 0) is 56.5 Å². The van der Waals surface area contributed by atoms with E-state index in [4.69, 9.17) is 0 Å². The minimum atomic E-state index is -0.0398. The number of benzene rings is 1. The average Bonchev–Trinajstić information content (AvgIpc) is 3.09. The maximum Gasteiger partial charge on any atom is 0.231 e. The number of carbonyl (C=O) groups excluding carboxylic acids is 1. The molecular weight excluding hydrogens is 346 g/mol. The number of unbranched alkanes of at least 4 members (excludes halogenated alkanes) is 2. The number of hydrogen-bond acceptors (Lipinski definition) is 3. The molecule has 1 N–H and O–H groups in total. The fourth-order valence-corrected chi connectivity index (χ4v) is 5.37. The summed E-state index contributed by atoms with van der Waals surface area (Å²) in [5.74, 6) is 0.864. The first-order valence-corrected chi connectivity index (χ1v) is 11.1. The van der Waals surface area contributed by atoms with Crippen LogP contribution in [0.1, 0.15) is 63.5 Å². The van der Waals surface area contributed by atoms with Crippen molar-refractivity contribution in [3.8, 4) is 0 Å². The highest BCUT2D eigenvalue weighted by molar-refractivity contribution is 5.87. The van der Waals surface area contributed by atoms with E-state index in [9.17, 15) is 4.79 Å². The van der Waals surface area contributed by atoms with Crippen molar-refractivity contribution >= 4 is 17.2 Å². The predicted molar refractivity (Wildman–Crippen MR) is 117 cm³/mol. The molecule has 152 valence electrons. The van der Waals surface area contributed by atoms with Gasteiger partial charge in [0.25, 0.3) is 0 Å². The Bertz CT molecular complexity index is 769. The molecule has 0 spiro atoms. The lowest BCUT2D eigenvalue weighted by atomic mass is 9.74. The maximum absolute atomic E-state index is 13.5. The van der Waals surface area contributed by atoms with Gasteiger partial charge in [-0.25, -0.2) is 0 Å². The molecule has 1 aromatic carbocycles. The number of nitrogens with one attached hydrogen (secondary N) is 1. The van der Waals surface area contributed by atoms with E-state index >= 15 is 0 Å². The average molecular weight is 382 g/mol. The summed E-state index contributed by atoms with van der Waals surface area (Å²) in [5.41, 5.74) is 5.52. The second-order valence-corrected chi connectivity index (χ2v) is 9.10. The highest BCUT2D eigenvalue weighted by atomic mass is 16.2. The van der Waals surface area contributed by atoms with Gasteiger partial charge in [0.1, 0.15) is 0 Å². The second-order valence-electron chi connectivity index (χ2n) is 9.10. The number of likely N-dealkylation sites (N-methyl/N-ethyl adjacent to an activating group) is 1. The Balaban J connectivity index is 1.64. The maximum atomic E-state index is 13.5. The summed E-state index contributed by atoms with van der Waals surface area (Å²) in [4.78, 5) is 18.0. The number of amides is 1. The van der Waals surface area contributed by atoms with Crippen molar-refractivity contribution in [3.05, 3.63) is 35.4 Å². The van der Waals surface area contributed by atoms with E-state index in [0.717, 1.165) is 32.5 Å². The van der Waals surface area contributed by atoms with Crippen molar-refractivity contribution in [3.63, 3.8) is 0 Å². The third-order valence-electron chi connectivity index (χ3n) is 6.85. The number of hydrogen-bond donors (Lipinski definition) is 1. The number of fused-ring (bicyclic) bond motifs is 2. The van der Waals surface area contributed by atoms with E-state index in [0.29, 0.717) is 17.9 Å². The van der Waals surface area contributed by atoms with Crippen molar-refractivity contribution in [2.45, 2.75) is 64.5 Å². The molecule has 2 heterocycles. The topological polar surface area (TPSA) is 35.6 Å². The van der Waals surface area contributed by atoms with Crippen molar-refractivity contribution in [2.24, 2.45) is 5.92 Å². The van der Waals surface area contributed by atoms with Crippen LogP contribution >= 0.6 is 0 Å². The molecule has 0 radical (unpaired) electrons. The molecule has 0 saturated heterocycles. The molecule has 0 aromatic heterocycles. The minimum Gasteiger partial charge on any atom is -0.384 e. The first-order valence-electron chi connectivity index (χ1n) is 11.1. The van der Waals surface area contributed by atoms with Crippen LogP contribution in [0.2, 0.25) is 0 Å². The SMILES string of the molecule is CCCCCN(C(=O)C1C=C2c3cccc4c3C(CN4)CC2N(C)C1)C(C)C. The molecule has 3 unspecified atom stereocenters. The third-order valence-corrected chi connectivity index (χ3v) is 6.85. The standard InChI is InChI=1S/C24H35N3O/c1-5-6-7-11-27(16(2)3)24(28)18-12-20-19-9-8-10-21-23(19)17(14-25-21)13-22(20)26(4)15-18/h8-10,12,16-18,22,25H,5-7,11,13-15H2,1-4H3. The smallest absolute Gasteiger partial charge is 0.231 e. The number of carbonyl (C=O) groups is 1. The zero-order valence-corrected chi connectivity index (χ0v) is 17.9. The Morgan fingerprint density at radius 2 is 2.14 bits per heavy atom. The molecule has 4 nitrogen and oxygen atoms in total. The highest BCUT2D eigenvalue weighted by Crippen LogP contribution is 2.48. The number of rotatable bonds is 6. The Hall–Kier alpha value is -1.81. The molecule has 28 heavy (non-hydrogen) atoms. The van der Waals surface area contributed by atoms with Gasteiger partial charge < -0.3 is 10.2 Å². The van der Waals surface area contributed by atoms with Crippen molar-refractivity contribution in [2.75, 3.05) is 32.0 Å². The Kier molecular flexibility index (Phi) is 5.50. The highest BCUT2D eigenvalue weighted by Gasteiger charge is 2.41. The summed E-state index contributed by atoms with van der Waals surface area (Å²) in [5, 5.41) is 3.58. The van der Waals surface area contributed by atoms with Gasteiger partial charge >= 0.3 is 0 Å². The van der Waals surface area contributed by atoms with E-state index in [2.05, 4.69) is 67.2 Å². The molecular formula is C24H35N3O. The zero-order valence-electron chi connectivity index (χ0n) is 17.9. The van der Waals surface area contributed by atoms with Crippen molar-refractivity contribution < 1.29 is 4.79 Å². The van der Waals surface area contributed by atoms with E-state index in [1.807, 2.05) is 0 Å². The fraction of sp³-hybridized carbons (Fsp3) is 0.625. The summed E-state index contributed by atoms with van der Waals surface area (Å²) in [7, 11) is 2.20. The summed E-state index contributed by atoms with van der Waals surface area (Å²) in [6, 6.07) is 7.31. The normalized spacial score (nSPS) is 25.8. The lowest BCUT2D eigenvalue weighted by Crippen LogP contribution is -2.49. The molecule has 3 atom stereocenters. The van der Waals surface area contributed by atoms with Gasteiger partial charge in [0.2, 0.25) is 5.91 Å². The Labute approximate surface area is 170 Å². The monoisotopic (exact) mass is 381 g/mol. The molecule has 1 aromatic rings. The molecule has 0 fully saturated rings. The van der Waals surface area contributed by atoms with Crippen LogP contribution in [-0.2, 0) is 4.79 Å². The number of anilines is 1. The minimum absolute atomic E-state index is 0.0398. The Morgan fingerprint density at radius 3 is 2.89 bits per heavy atom. The van der Waals surface area contributed by atoms with Gasteiger partial charge in [-0.3, -0.25) is 9.69 Å². The van der Waals surface area contributed by atoms with E-state index in [-0.39, 0.29) is 12.0 Å². The molecule has 1 aliphatic carbocycles. The van der Waals surface area contributed by atoms with E-state index < -0.39 is 0 Å². The summed E-state index contributed by atoms with van der Waals surface area (Å²) < 4.78 is 0. The van der Waals surface area contributed by atoms with Crippen LogP contribution in [0, 0.1) is 5.92 Å². The molecule has 3 aliphatic rings. The number of nitrogens with zero attached hydrogens (tertiary/aromatic N) is 2. The van der Waals surface area contributed by atoms with Gasteiger partial charge in [-0.15, -0.1) is 0 Å². The molecule has 0 saturated carbocycles. The molecule has 4 heteroatoms. The zero-order chi connectivity index (χ0) is 19.8. The molecule has 4 rings (SSSR count). The van der Waals surface area contributed by atoms with Gasteiger partial charge in [0, 0.05) is 43.3 Å². The fourth-order valence-electron chi connectivity index (χ4n) is 5.37. The van der Waals surface area contributed by atoms with Crippen LogP contribution in [0.15, 0.2) is 24.3 Å². The van der Waals surface area contributed by atoms with Gasteiger partial charge in [-0.1, -0.05) is 38.0 Å². The van der Waals surface area contributed by atoms with E-state index in [1.165, 1.54) is 35.2 Å². The van der Waals surface area contributed by atoms with Crippen molar-refractivity contribution in [1.29, 1.82) is 0 Å². The summed E-state index contributed by atoms with van der Waals surface area (Å²) >= 11 is 0. The lowest BCUT2D eigenvalue weighted by molar-refractivity contribution is -0.136. The van der Waals surface area contributed by atoms with Crippen LogP contribution in [-0.4, -0.2) is 54.5 Å². The third kappa shape index (κ3) is 3.36. The quantitative estimate of drug-likeness (QED) is 0.745. The second kappa shape index (κ2) is 7.90. The molecule has 0 bridgehead atoms. The van der Waals surface area contributed by atoms with Crippen LogP contribution in [0.4, 0.5) is 5.69 Å². The molecule has 2 aliphatic heterocycles. The van der Waals surface area contributed by atoms with Crippen LogP contribution in [0.3, 0.4) is 0 Å². The largest absolute Gasteiger partial charge is 0.384 e. The summed E-state index contributed by atoms with van der Waals surface area (Å²) in [6.07, 6.45) is 6.94. The lowest BCUT2D eigenvalue weighted by Gasteiger charge is -2.43. The molecule has 1 amide bonds. The van der Waals surface area contributed by atoms with Crippen LogP contribution < -0.4 is 5.32 Å². The van der Waals surface area contributed by atoms with Gasteiger partial charge in [0.15, 0.2) is 0 Å². The van der Waals surface area contributed by atoms with Crippen molar-refractivity contribution in [1.82, 2.24) is 9.80 Å². The van der Waals surface area contributed by atoms with Gasteiger partial charge in [-0.2, -0.15) is 0 Å². The first-order chi connectivity index (χ1) is 13.5. The van der Waals surface area contributed by atoms with Crippen LogP contribution in [0.5, 0.6) is 0 Å². The van der Waals surface area contributed by atoms with Gasteiger partial charge in [0.05, 0.1) is 5.92 Å². The Morgan fingerprint density at radius 1 is 1.32 bits per heavy atom. The summed E-state index contributed by atoms with van der Waals surface area (Å²) in [6.45, 7) is 9.26.